The fraction of sp³-hybridized carbons (Fsp3) is 0.778. The number of nitrogens with zero attached hydrogens (tertiary/aromatic N) is 1. The predicted octanol–water partition coefficient (Wildman–Crippen LogP) is 7.04. The highest BCUT2D eigenvalue weighted by atomic mass is 28.4. The highest BCUT2D eigenvalue weighted by Crippen LogP contribution is 2.42. The molecule has 1 heterocycles. The molecule has 1 saturated carbocycles. The monoisotopic (exact) mass is 496 g/mol. The molecular formula is C27H46F2N2O2Si. The molecule has 0 spiro atoms. The molecule has 1 aromatic rings. The third-order valence-corrected chi connectivity index (χ3v) is 14.1. The molecule has 0 bridgehead atoms. The molecule has 1 aliphatic carbocycles. The average Bonchev–Trinajstić information content (AvgIpc) is 2.73. The number of benzene rings is 1. The number of piperazine rings is 1. The summed E-state index contributed by atoms with van der Waals surface area (Å²) in [5.41, 5.74) is 1.85. The first-order chi connectivity index (χ1) is 15.9. The van der Waals surface area contributed by atoms with Gasteiger partial charge in [0, 0.05) is 42.0 Å². The van der Waals surface area contributed by atoms with Crippen LogP contribution in [0.2, 0.25) is 16.6 Å². The van der Waals surface area contributed by atoms with Crippen molar-refractivity contribution in [3.8, 4) is 5.75 Å². The van der Waals surface area contributed by atoms with E-state index in [1.807, 2.05) is 0 Å². The van der Waals surface area contributed by atoms with Crippen LogP contribution in [0.25, 0.3) is 0 Å². The Kier molecular flexibility index (Phi) is 8.73. The first-order valence-electron chi connectivity index (χ1n) is 13.2. The standard InChI is InChI=1S/C27H46F2N2O2Si/c1-18(2)34(19(3)4,20(5)6)33-14-13-32-26-22(28)15-21(16-23(26)29)31-17-27(7,8)30-24-11-9-10-12-25(24)31/h15-16,18-20,24-25,30H,9-14,17H2,1-8H3/t24-,25-/m0/s1. The molecule has 0 radical (unpaired) electrons. The maximum absolute atomic E-state index is 15.1. The van der Waals surface area contributed by atoms with Crippen LogP contribution in [0.5, 0.6) is 5.75 Å². The van der Waals surface area contributed by atoms with E-state index in [4.69, 9.17) is 9.16 Å². The summed E-state index contributed by atoms with van der Waals surface area (Å²) >= 11 is 0. The summed E-state index contributed by atoms with van der Waals surface area (Å²) < 4.78 is 42.3. The van der Waals surface area contributed by atoms with Gasteiger partial charge in [-0.1, -0.05) is 54.4 Å². The minimum atomic E-state index is -2.04. The van der Waals surface area contributed by atoms with Gasteiger partial charge in [-0.15, -0.1) is 0 Å². The van der Waals surface area contributed by atoms with Crippen molar-refractivity contribution in [3.63, 3.8) is 0 Å². The van der Waals surface area contributed by atoms with E-state index in [2.05, 4.69) is 65.6 Å². The molecule has 1 saturated heterocycles. The molecule has 0 amide bonds. The molecule has 1 aromatic carbocycles. The van der Waals surface area contributed by atoms with Crippen LogP contribution >= 0.6 is 0 Å². The van der Waals surface area contributed by atoms with E-state index in [1.165, 1.54) is 18.6 Å². The van der Waals surface area contributed by atoms with Gasteiger partial charge in [-0.05, 0) is 43.3 Å². The van der Waals surface area contributed by atoms with Crippen molar-refractivity contribution in [2.24, 2.45) is 0 Å². The van der Waals surface area contributed by atoms with Crippen LogP contribution in [0, 0.1) is 11.6 Å². The normalized spacial score (nSPS) is 23.0. The summed E-state index contributed by atoms with van der Waals surface area (Å²) in [6, 6.07) is 3.51. The first kappa shape index (κ1) is 27.4. The van der Waals surface area contributed by atoms with Crippen molar-refractivity contribution >= 4 is 14.0 Å². The van der Waals surface area contributed by atoms with E-state index in [0.717, 1.165) is 19.3 Å². The lowest BCUT2D eigenvalue weighted by Gasteiger charge is -2.52. The van der Waals surface area contributed by atoms with Crippen molar-refractivity contribution in [3.05, 3.63) is 23.8 Å². The van der Waals surface area contributed by atoms with Gasteiger partial charge < -0.3 is 19.4 Å². The van der Waals surface area contributed by atoms with E-state index >= 15 is 8.78 Å². The largest absolute Gasteiger partial charge is 0.485 e. The summed E-state index contributed by atoms with van der Waals surface area (Å²) in [7, 11) is -2.04. The predicted molar refractivity (Wildman–Crippen MR) is 139 cm³/mol. The van der Waals surface area contributed by atoms with Crippen molar-refractivity contribution < 1.29 is 17.9 Å². The Hall–Kier alpha value is -1.18. The number of hydrogen-bond donors (Lipinski definition) is 1. The molecule has 2 aliphatic rings. The molecule has 7 heteroatoms. The average molecular weight is 497 g/mol. The molecular weight excluding hydrogens is 450 g/mol. The van der Waals surface area contributed by atoms with E-state index in [1.54, 1.807) is 0 Å². The summed E-state index contributed by atoms with van der Waals surface area (Å²) in [5, 5.41) is 3.74. The molecule has 2 fully saturated rings. The summed E-state index contributed by atoms with van der Waals surface area (Å²) in [6.07, 6.45) is 4.49. The van der Waals surface area contributed by atoms with Crippen LogP contribution in [-0.4, -0.2) is 45.7 Å². The van der Waals surface area contributed by atoms with Crippen molar-refractivity contribution in [2.75, 3.05) is 24.7 Å². The number of anilines is 1. The topological polar surface area (TPSA) is 33.7 Å². The number of rotatable bonds is 9. The molecule has 1 N–H and O–H groups in total. The molecule has 0 aromatic heterocycles. The molecule has 1 aliphatic heterocycles. The zero-order chi connectivity index (χ0) is 25.3. The van der Waals surface area contributed by atoms with E-state index in [0.29, 0.717) is 41.5 Å². The van der Waals surface area contributed by atoms with Crippen LogP contribution < -0.4 is 15.0 Å². The Bertz CT molecular complexity index is 786. The second-order valence-electron chi connectivity index (χ2n) is 11.9. The van der Waals surface area contributed by atoms with Crippen LogP contribution in [0.1, 0.15) is 81.1 Å². The third-order valence-electron chi connectivity index (χ3n) is 7.98. The van der Waals surface area contributed by atoms with Crippen molar-refractivity contribution in [1.82, 2.24) is 5.32 Å². The van der Waals surface area contributed by atoms with Gasteiger partial charge in [0.25, 0.3) is 0 Å². The van der Waals surface area contributed by atoms with Gasteiger partial charge in [0.15, 0.2) is 25.7 Å². The highest BCUT2D eigenvalue weighted by Gasteiger charge is 2.45. The molecule has 0 unspecified atom stereocenters. The number of hydrogen-bond acceptors (Lipinski definition) is 4. The number of ether oxygens (including phenoxy) is 1. The van der Waals surface area contributed by atoms with Crippen LogP contribution in [0.3, 0.4) is 0 Å². The molecule has 4 nitrogen and oxygen atoms in total. The minimum absolute atomic E-state index is 0.113. The Labute approximate surface area is 206 Å². The zero-order valence-electron chi connectivity index (χ0n) is 22.5. The van der Waals surface area contributed by atoms with Gasteiger partial charge in [0.1, 0.15) is 6.61 Å². The second-order valence-corrected chi connectivity index (χ2v) is 17.3. The number of nitrogens with one attached hydrogen (secondary N) is 1. The number of halogens is 2. The zero-order valence-corrected chi connectivity index (χ0v) is 23.5. The summed E-state index contributed by atoms with van der Waals surface area (Å²) in [4.78, 5) is 2.20. The lowest BCUT2D eigenvalue weighted by molar-refractivity contribution is 0.188. The Morgan fingerprint density at radius 3 is 2.09 bits per heavy atom. The van der Waals surface area contributed by atoms with E-state index in [-0.39, 0.29) is 23.9 Å². The smallest absolute Gasteiger partial charge is 0.200 e. The minimum Gasteiger partial charge on any atom is -0.485 e. The van der Waals surface area contributed by atoms with Gasteiger partial charge in [-0.2, -0.15) is 0 Å². The van der Waals surface area contributed by atoms with Gasteiger partial charge in [-0.25, -0.2) is 8.78 Å². The Morgan fingerprint density at radius 1 is 0.971 bits per heavy atom. The van der Waals surface area contributed by atoms with Crippen LogP contribution in [0.15, 0.2) is 12.1 Å². The maximum atomic E-state index is 15.1. The lowest BCUT2D eigenvalue weighted by Crippen LogP contribution is -2.67. The maximum Gasteiger partial charge on any atom is 0.200 e. The van der Waals surface area contributed by atoms with Gasteiger partial charge in [0.2, 0.25) is 0 Å². The fourth-order valence-corrected chi connectivity index (χ4v) is 12.2. The number of fused-ring (bicyclic) bond motifs is 1. The van der Waals surface area contributed by atoms with Gasteiger partial charge >= 0.3 is 0 Å². The van der Waals surface area contributed by atoms with Crippen LogP contribution in [0.4, 0.5) is 14.5 Å². The Morgan fingerprint density at radius 2 is 1.53 bits per heavy atom. The highest BCUT2D eigenvalue weighted by molar-refractivity contribution is 6.77. The molecule has 194 valence electrons. The summed E-state index contributed by atoms with van der Waals surface area (Å²) in [6.45, 7) is 18.8. The van der Waals surface area contributed by atoms with Gasteiger partial charge in [-0.3, -0.25) is 0 Å². The van der Waals surface area contributed by atoms with E-state index in [9.17, 15) is 0 Å². The van der Waals surface area contributed by atoms with Crippen LogP contribution in [-0.2, 0) is 4.43 Å². The second kappa shape index (κ2) is 10.8. The molecule has 34 heavy (non-hydrogen) atoms. The fourth-order valence-electron chi connectivity index (χ4n) is 6.74. The lowest BCUT2D eigenvalue weighted by atomic mass is 9.83. The van der Waals surface area contributed by atoms with Gasteiger partial charge in [0.05, 0.1) is 6.61 Å². The SMILES string of the molecule is CC(C)[Si](OCCOc1c(F)cc(N2CC(C)(C)N[C@H]3CCCC[C@@H]32)cc1F)(C(C)C)C(C)C. The third kappa shape index (κ3) is 5.62. The molecule has 3 rings (SSSR count). The summed E-state index contributed by atoms with van der Waals surface area (Å²) in [5.74, 6) is -1.58. The van der Waals surface area contributed by atoms with E-state index < -0.39 is 20.0 Å². The van der Waals surface area contributed by atoms with Crippen molar-refractivity contribution in [2.45, 2.75) is 115 Å². The Balaban J connectivity index is 1.71. The van der Waals surface area contributed by atoms with Crippen molar-refractivity contribution in [1.29, 1.82) is 0 Å². The quantitative estimate of drug-likeness (QED) is 0.294. The molecule has 2 atom stereocenters. The first-order valence-corrected chi connectivity index (χ1v) is 15.3.